The van der Waals surface area contributed by atoms with Crippen molar-refractivity contribution in [2.45, 2.75) is 12.5 Å². The van der Waals surface area contributed by atoms with E-state index in [1.165, 1.54) is 4.90 Å². The summed E-state index contributed by atoms with van der Waals surface area (Å²) in [5.74, 6) is -0.980. The predicted octanol–water partition coefficient (Wildman–Crippen LogP) is 2.11. The first-order valence-electron chi connectivity index (χ1n) is 6.77. The number of hydrogen-bond acceptors (Lipinski definition) is 5. The largest absolute Gasteiger partial charge is 0.476 e. The summed E-state index contributed by atoms with van der Waals surface area (Å²) in [5.41, 5.74) is 0.818. The predicted molar refractivity (Wildman–Crippen MR) is 74.4 cm³/mol. The molecule has 0 bridgehead atoms. The summed E-state index contributed by atoms with van der Waals surface area (Å²) in [6.07, 6.45) is 0.686. The Hall–Kier alpha value is -2.83. The molecule has 0 spiro atoms. The van der Waals surface area contributed by atoms with E-state index in [2.05, 4.69) is 4.98 Å². The van der Waals surface area contributed by atoms with Gasteiger partial charge in [-0.25, -0.2) is 14.6 Å². The number of aromatic nitrogens is 1. The van der Waals surface area contributed by atoms with E-state index < -0.39 is 12.1 Å². The van der Waals surface area contributed by atoms with Crippen LogP contribution in [-0.4, -0.2) is 40.1 Å². The maximum atomic E-state index is 11.9. The summed E-state index contributed by atoms with van der Waals surface area (Å²) in [6, 6.07) is 9.39. The minimum atomic E-state index is -1.13. The average molecular weight is 302 g/mol. The van der Waals surface area contributed by atoms with Gasteiger partial charge in [-0.05, 0) is 5.56 Å². The Morgan fingerprint density at radius 1 is 1.32 bits per heavy atom. The highest BCUT2D eigenvalue weighted by Gasteiger charge is 2.37. The molecule has 2 aromatic rings. The van der Waals surface area contributed by atoms with Crippen molar-refractivity contribution in [3.05, 3.63) is 53.7 Å². The van der Waals surface area contributed by atoms with E-state index in [-0.39, 0.29) is 18.2 Å². The number of oxazole rings is 1. The number of carbonyl (C=O) groups is 2. The number of likely N-dealkylation sites (tertiary alicyclic amines) is 1. The molecular weight excluding hydrogens is 288 g/mol. The van der Waals surface area contributed by atoms with Crippen LogP contribution in [0.15, 0.2) is 41.1 Å². The fraction of sp³-hybridized carbons (Fsp3) is 0.267. The lowest BCUT2D eigenvalue weighted by molar-refractivity contribution is 0.0610. The molecule has 0 aliphatic carbocycles. The van der Waals surface area contributed by atoms with Crippen LogP contribution in [0, 0.1) is 0 Å². The van der Waals surface area contributed by atoms with Crippen molar-refractivity contribution in [3.8, 4) is 0 Å². The normalized spacial score (nSPS) is 14.5. The van der Waals surface area contributed by atoms with Gasteiger partial charge < -0.3 is 19.2 Å². The molecule has 1 amide bonds. The first kappa shape index (κ1) is 14.1. The third-order valence-electron chi connectivity index (χ3n) is 3.51. The first-order chi connectivity index (χ1) is 10.6. The van der Waals surface area contributed by atoms with E-state index in [1.807, 2.05) is 30.3 Å². The van der Waals surface area contributed by atoms with Gasteiger partial charge >= 0.3 is 12.1 Å². The standard InChI is InChI=1S/C15H14N2O5/c18-14(19)12-13(22-9-16-12)11-6-17(7-11)15(20)21-8-10-4-2-1-3-5-10/h1-5,9,11H,6-8H2,(H,18,19). The fourth-order valence-electron chi connectivity index (χ4n) is 2.31. The van der Waals surface area contributed by atoms with Crippen molar-refractivity contribution in [2.24, 2.45) is 0 Å². The number of benzene rings is 1. The van der Waals surface area contributed by atoms with Gasteiger partial charge in [-0.2, -0.15) is 0 Å². The second-order valence-electron chi connectivity index (χ2n) is 5.01. The van der Waals surface area contributed by atoms with Gasteiger partial charge in [-0.3, -0.25) is 0 Å². The van der Waals surface area contributed by atoms with E-state index in [4.69, 9.17) is 14.3 Å². The summed E-state index contributed by atoms with van der Waals surface area (Å²) in [7, 11) is 0. The van der Waals surface area contributed by atoms with Gasteiger partial charge in [0.05, 0.1) is 5.92 Å². The lowest BCUT2D eigenvalue weighted by Crippen LogP contribution is -2.48. The maximum Gasteiger partial charge on any atom is 0.410 e. The number of rotatable bonds is 4. The molecule has 1 aliphatic heterocycles. The molecular formula is C15H14N2O5. The van der Waals surface area contributed by atoms with Crippen LogP contribution in [0.2, 0.25) is 0 Å². The molecule has 7 heteroatoms. The molecule has 1 N–H and O–H groups in total. The third-order valence-corrected chi connectivity index (χ3v) is 3.51. The zero-order valence-corrected chi connectivity index (χ0v) is 11.6. The minimum absolute atomic E-state index is 0.0951. The zero-order chi connectivity index (χ0) is 15.5. The second kappa shape index (κ2) is 5.88. The highest BCUT2D eigenvalue weighted by molar-refractivity contribution is 5.86. The monoisotopic (exact) mass is 302 g/mol. The average Bonchev–Trinajstić information content (AvgIpc) is 2.94. The highest BCUT2D eigenvalue weighted by Crippen LogP contribution is 2.29. The molecule has 1 aromatic heterocycles. The van der Waals surface area contributed by atoms with Crippen molar-refractivity contribution < 1.29 is 23.8 Å². The Morgan fingerprint density at radius 2 is 2.05 bits per heavy atom. The third kappa shape index (κ3) is 2.78. The molecule has 1 saturated heterocycles. The molecule has 1 aromatic carbocycles. The van der Waals surface area contributed by atoms with Crippen LogP contribution in [0.4, 0.5) is 4.79 Å². The number of amides is 1. The van der Waals surface area contributed by atoms with Gasteiger partial charge in [-0.15, -0.1) is 0 Å². The van der Waals surface area contributed by atoms with Crippen LogP contribution in [-0.2, 0) is 11.3 Å². The second-order valence-corrected chi connectivity index (χ2v) is 5.01. The summed E-state index contributed by atoms with van der Waals surface area (Å²) in [5, 5.41) is 8.98. The first-order valence-corrected chi connectivity index (χ1v) is 6.77. The van der Waals surface area contributed by atoms with Gasteiger partial charge in [0.15, 0.2) is 12.1 Å². The number of ether oxygens (including phenoxy) is 1. The molecule has 1 fully saturated rings. The van der Waals surface area contributed by atoms with Crippen LogP contribution >= 0.6 is 0 Å². The van der Waals surface area contributed by atoms with E-state index in [9.17, 15) is 9.59 Å². The topological polar surface area (TPSA) is 92.9 Å². The maximum absolute atomic E-state index is 11.9. The van der Waals surface area contributed by atoms with Gasteiger partial charge in [-0.1, -0.05) is 30.3 Å². The van der Waals surface area contributed by atoms with Crippen LogP contribution in [0.25, 0.3) is 0 Å². The Balaban J connectivity index is 1.51. The summed E-state index contributed by atoms with van der Waals surface area (Å²) in [4.78, 5) is 28.0. The highest BCUT2D eigenvalue weighted by atomic mass is 16.6. The van der Waals surface area contributed by atoms with Gasteiger partial charge in [0.25, 0.3) is 0 Å². The number of aromatic carboxylic acids is 1. The SMILES string of the molecule is O=C(O)c1ncoc1C1CN(C(=O)OCc2ccccc2)C1. The number of carbonyl (C=O) groups excluding carboxylic acids is 1. The number of nitrogens with zero attached hydrogens (tertiary/aromatic N) is 2. The summed E-state index contributed by atoms with van der Waals surface area (Å²) < 4.78 is 10.3. The molecule has 7 nitrogen and oxygen atoms in total. The quantitative estimate of drug-likeness (QED) is 0.929. The van der Waals surface area contributed by atoms with E-state index in [1.54, 1.807) is 0 Å². The number of carboxylic acids is 1. The van der Waals surface area contributed by atoms with Crippen molar-refractivity contribution >= 4 is 12.1 Å². The van der Waals surface area contributed by atoms with Gasteiger partial charge in [0.2, 0.25) is 0 Å². The van der Waals surface area contributed by atoms with Crippen LogP contribution in [0.3, 0.4) is 0 Å². The van der Waals surface area contributed by atoms with Gasteiger partial charge in [0, 0.05) is 13.1 Å². The van der Waals surface area contributed by atoms with Crippen molar-refractivity contribution in [3.63, 3.8) is 0 Å². The van der Waals surface area contributed by atoms with Crippen LogP contribution in [0.1, 0.15) is 27.7 Å². The zero-order valence-electron chi connectivity index (χ0n) is 11.6. The Bertz CT molecular complexity index is 676. The number of hydrogen-bond donors (Lipinski definition) is 1. The lowest BCUT2D eigenvalue weighted by Gasteiger charge is -2.37. The smallest absolute Gasteiger partial charge is 0.410 e. The lowest BCUT2D eigenvalue weighted by atomic mass is 9.96. The van der Waals surface area contributed by atoms with Crippen molar-refractivity contribution in [2.75, 3.05) is 13.1 Å². The molecule has 114 valence electrons. The Morgan fingerprint density at radius 3 is 2.73 bits per heavy atom. The summed E-state index contributed by atoms with van der Waals surface area (Å²) >= 11 is 0. The molecule has 22 heavy (non-hydrogen) atoms. The van der Waals surface area contributed by atoms with Crippen molar-refractivity contribution in [1.82, 2.24) is 9.88 Å². The van der Waals surface area contributed by atoms with E-state index in [0.717, 1.165) is 12.0 Å². The molecule has 0 saturated carbocycles. The summed E-state index contributed by atoms with van der Waals surface area (Å²) in [6.45, 7) is 0.940. The van der Waals surface area contributed by atoms with Crippen molar-refractivity contribution in [1.29, 1.82) is 0 Å². The molecule has 0 atom stereocenters. The molecule has 2 heterocycles. The Kier molecular flexibility index (Phi) is 3.78. The number of carboxylic acid groups (broad SMARTS) is 1. The van der Waals surface area contributed by atoms with E-state index >= 15 is 0 Å². The molecule has 0 unspecified atom stereocenters. The Labute approximate surface area is 126 Å². The molecule has 0 radical (unpaired) electrons. The minimum Gasteiger partial charge on any atom is -0.476 e. The van der Waals surface area contributed by atoms with E-state index in [0.29, 0.717) is 18.8 Å². The van der Waals surface area contributed by atoms with Crippen LogP contribution < -0.4 is 0 Å². The molecule has 1 aliphatic rings. The van der Waals surface area contributed by atoms with Gasteiger partial charge in [0.1, 0.15) is 12.4 Å². The fourth-order valence-corrected chi connectivity index (χ4v) is 2.31. The van der Waals surface area contributed by atoms with Crippen LogP contribution in [0.5, 0.6) is 0 Å². The molecule has 3 rings (SSSR count).